The lowest BCUT2D eigenvalue weighted by Gasteiger charge is -2.09. The molecule has 5 nitrogen and oxygen atoms in total. The Morgan fingerprint density at radius 1 is 1.53 bits per heavy atom. The van der Waals surface area contributed by atoms with Crippen LogP contribution in [0.2, 0.25) is 0 Å². The van der Waals surface area contributed by atoms with E-state index >= 15 is 0 Å². The summed E-state index contributed by atoms with van der Waals surface area (Å²) in [4.78, 5) is 4.34. The van der Waals surface area contributed by atoms with E-state index in [4.69, 9.17) is 0 Å². The Balaban J connectivity index is 1.92. The highest BCUT2D eigenvalue weighted by Gasteiger charge is 2.28. The SMILES string of the molecule is CCCNC(C)c1csc(NS(=O)(=O)CC2CC2)n1. The topological polar surface area (TPSA) is 71.1 Å². The van der Waals surface area contributed by atoms with E-state index in [9.17, 15) is 8.42 Å². The quantitative estimate of drug-likeness (QED) is 0.773. The van der Waals surface area contributed by atoms with Gasteiger partial charge in [0.15, 0.2) is 5.13 Å². The molecule has 19 heavy (non-hydrogen) atoms. The summed E-state index contributed by atoms with van der Waals surface area (Å²) in [5, 5.41) is 5.71. The Bertz CT molecular complexity index is 509. The normalized spacial score (nSPS) is 17.4. The van der Waals surface area contributed by atoms with Gasteiger partial charge in [-0.15, -0.1) is 11.3 Å². The van der Waals surface area contributed by atoms with E-state index < -0.39 is 10.0 Å². The maximum Gasteiger partial charge on any atom is 0.234 e. The third-order valence-corrected chi connectivity index (χ3v) is 5.38. The van der Waals surface area contributed by atoms with Crippen LogP contribution in [0, 0.1) is 5.92 Å². The molecule has 108 valence electrons. The van der Waals surface area contributed by atoms with Crippen molar-refractivity contribution in [1.82, 2.24) is 10.3 Å². The number of nitrogens with one attached hydrogen (secondary N) is 2. The summed E-state index contributed by atoms with van der Waals surface area (Å²) in [6.07, 6.45) is 3.12. The minimum atomic E-state index is -3.22. The lowest BCUT2D eigenvalue weighted by Crippen LogP contribution is -2.20. The van der Waals surface area contributed by atoms with Gasteiger partial charge in [-0.05, 0) is 38.6 Å². The number of aromatic nitrogens is 1. The molecule has 1 aromatic heterocycles. The first-order chi connectivity index (χ1) is 9.00. The Hall–Kier alpha value is -0.660. The lowest BCUT2D eigenvalue weighted by molar-refractivity contribution is 0.561. The minimum Gasteiger partial charge on any atom is -0.309 e. The Kier molecular flexibility index (Phi) is 4.81. The van der Waals surface area contributed by atoms with Crippen molar-refractivity contribution in [2.24, 2.45) is 5.92 Å². The van der Waals surface area contributed by atoms with E-state index in [2.05, 4.69) is 21.9 Å². The average molecular weight is 303 g/mol. The Morgan fingerprint density at radius 2 is 2.26 bits per heavy atom. The molecule has 1 heterocycles. The van der Waals surface area contributed by atoms with Crippen molar-refractivity contribution in [3.63, 3.8) is 0 Å². The second-order valence-electron chi connectivity index (χ2n) is 5.08. The van der Waals surface area contributed by atoms with Gasteiger partial charge in [0.25, 0.3) is 0 Å². The van der Waals surface area contributed by atoms with E-state index in [1.54, 1.807) is 0 Å². The van der Waals surface area contributed by atoms with Crippen LogP contribution in [0.3, 0.4) is 0 Å². The van der Waals surface area contributed by atoms with Crippen LogP contribution in [0.4, 0.5) is 5.13 Å². The Morgan fingerprint density at radius 3 is 2.89 bits per heavy atom. The number of rotatable bonds is 8. The minimum absolute atomic E-state index is 0.151. The smallest absolute Gasteiger partial charge is 0.234 e. The largest absolute Gasteiger partial charge is 0.309 e. The van der Waals surface area contributed by atoms with E-state index in [-0.39, 0.29) is 11.8 Å². The number of sulfonamides is 1. The molecule has 2 rings (SSSR count). The van der Waals surface area contributed by atoms with E-state index in [0.29, 0.717) is 11.0 Å². The van der Waals surface area contributed by atoms with Crippen molar-refractivity contribution in [2.45, 2.75) is 39.2 Å². The summed E-state index contributed by atoms with van der Waals surface area (Å²) in [5.41, 5.74) is 0.891. The monoisotopic (exact) mass is 303 g/mol. The average Bonchev–Trinajstić information content (AvgIpc) is 3.01. The standard InChI is InChI=1S/C12H21N3O2S2/c1-3-6-13-9(2)11-7-18-12(14-11)15-19(16,17)8-10-4-5-10/h7,9-10,13H,3-6,8H2,1-2H3,(H,14,15). The summed E-state index contributed by atoms with van der Waals surface area (Å²) < 4.78 is 26.3. The molecule has 1 aromatic rings. The molecule has 0 amide bonds. The van der Waals surface area contributed by atoms with Crippen LogP contribution in [0.25, 0.3) is 0 Å². The van der Waals surface area contributed by atoms with Crippen molar-refractivity contribution >= 4 is 26.5 Å². The van der Waals surface area contributed by atoms with E-state index in [1.807, 2.05) is 12.3 Å². The highest BCUT2D eigenvalue weighted by molar-refractivity contribution is 7.92. The maximum atomic E-state index is 11.8. The van der Waals surface area contributed by atoms with Gasteiger partial charge in [-0.3, -0.25) is 4.72 Å². The third-order valence-electron chi connectivity index (χ3n) is 3.06. The number of nitrogens with zero attached hydrogens (tertiary/aromatic N) is 1. The first kappa shape index (κ1) is 14.7. The molecular formula is C12H21N3O2S2. The van der Waals surface area contributed by atoms with Crippen molar-refractivity contribution in [2.75, 3.05) is 17.0 Å². The molecule has 1 aliphatic rings. The number of hydrogen-bond donors (Lipinski definition) is 2. The van der Waals surface area contributed by atoms with Crippen molar-refractivity contribution in [3.8, 4) is 0 Å². The number of hydrogen-bond acceptors (Lipinski definition) is 5. The molecule has 0 aliphatic heterocycles. The van der Waals surface area contributed by atoms with E-state index in [1.165, 1.54) is 11.3 Å². The van der Waals surface area contributed by atoms with Gasteiger partial charge < -0.3 is 5.32 Å². The van der Waals surface area contributed by atoms with Crippen LogP contribution in [0.15, 0.2) is 5.38 Å². The number of thiazole rings is 1. The van der Waals surface area contributed by atoms with Gasteiger partial charge in [0.1, 0.15) is 0 Å². The van der Waals surface area contributed by atoms with Crippen LogP contribution >= 0.6 is 11.3 Å². The molecule has 0 aromatic carbocycles. The second-order valence-corrected chi connectivity index (χ2v) is 7.71. The van der Waals surface area contributed by atoms with Gasteiger partial charge in [0, 0.05) is 11.4 Å². The maximum absolute atomic E-state index is 11.8. The molecule has 1 saturated carbocycles. The molecule has 2 N–H and O–H groups in total. The van der Waals surface area contributed by atoms with Crippen LogP contribution < -0.4 is 10.0 Å². The molecule has 1 fully saturated rings. The molecular weight excluding hydrogens is 282 g/mol. The fourth-order valence-corrected chi connectivity index (χ4v) is 4.34. The predicted octanol–water partition coefficient (Wildman–Crippen LogP) is 2.36. The molecule has 0 saturated heterocycles. The van der Waals surface area contributed by atoms with E-state index in [0.717, 1.165) is 31.5 Å². The summed E-state index contributed by atoms with van der Waals surface area (Å²) in [7, 11) is -3.22. The molecule has 0 spiro atoms. The fraction of sp³-hybridized carbons (Fsp3) is 0.750. The molecule has 1 aliphatic carbocycles. The van der Waals surface area contributed by atoms with Gasteiger partial charge in [0.2, 0.25) is 10.0 Å². The van der Waals surface area contributed by atoms with Crippen LogP contribution in [0.1, 0.15) is 44.8 Å². The predicted molar refractivity (Wildman–Crippen MR) is 79.0 cm³/mol. The highest BCUT2D eigenvalue weighted by Crippen LogP contribution is 2.31. The first-order valence-corrected chi connectivity index (χ1v) is 9.22. The Labute approximate surface area is 118 Å². The lowest BCUT2D eigenvalue weighted by atomic mass is 10.2. The van der Waals surface area contributed by atoms with Crippen molar-refractivity contribution in [3.05, 3.63) is 11.1 Å². The first-order valence-electron chi connectivity index (χ1n) is 6.69. The van der Waals surface area contributed by atoms with Crippen LogP contribution in [0.5, 0.6) is 0 Å². The zero-order chi connectivity index (χ0) is 13.9. The zero-order valence-electron chi connectivity index (χ0n) is 11.3. The van der Waals surface area contributed by atoms with Crippen LogP contribution in [-0.2, 0) is 10.0 Å². The third kappa shape index (κ3) is 4.74. The van der Waals surface area contributed by atoms with Gasteiger partial charge >= 0.3 is 0 Å². The molecule has 1 atom stereocenters. The molecule has 7 heteroatoms. The van der Waals surface area contributed by atoms with Crippen molar-refractivity contribution < 1.29 is 8.42 Å². The van der Waals surface area contributed by atoms with Gasteiger partial charge in [0.05, 0.1) is 11.4 Å². The number of anilines is 1. The summed E-state index contributed by atoms with van der Waals surface area (Å²) in [6, 6.07) is 0.151. The highest BCUT2D eigenvalue weighted by atomic mass is 32.2. The molecule has 0 radical (unpaired) electrons. The summed E-state index contributed by atoms with van der Waals surface area (Å²) in [6.45, 7) is 5.08. The molecule has 1 unspecified atom stereocenters. The van der Waals surface area contributed by atoms with Gasteiger partial charge in [-0.25, -0.2) is 13.4 Å². The summed E-state index contributed by atoms with van der Waals surface area (Å²) in [5.74, 6) is 0.577. The molecule has 0 bridgehead atoms. The van der Waals surface area contributed by atoms with Gasteiger partial charge in [-0.2, -0.15) is 0 Å². The zero-order valence-corrected chi connectivity index (χ0v) is 13.0. The van der Waals surface area contributed by atoms with Gasteiger partial charge in [-0.1, -0.05) is 6.92 Å². The summed E-state index contributed by atoms with van der Waals surface area (Å²) >= 11 is 1.34. The second kappa shape index (κ2) is 6.19. The fourth-order valence-electron chi connectivity index (χ4n) is 1.77. The van der Waals surface area contributed by atoms with Crippen molar-refractivity contribution in [1.29, 1.82) is 0 Å². The van der Waals surface area contributed by atoms with Crippen LogP contribution in [-0.4, -0.2) is 25.7 Å².